The first-order valence-corrected chi connectivity index (χ1v) is 15.8. The van der Waals surface area contributed by atoms with Crippen LogP contribution in [0.3, 0.4) is 0 Å². The maximum atomic E-state index is 15.7. The lowest BCUT2D eigenvalue weighted by Crippen LogP contribution is -2.29. The number of hydrogen-bond donors (Lipinski definition) is 2. The van der Waals surface area contributed by atoms with Gasteiger partial charge in [0.05, 0.1) is 17.9 Å². The first-order chi connectivity index (χ1) is 22.2. The molecule has 4 aromatic rings. The number of benzene rings is 2. The van der Waals surface area contributed by atoms with Gasteiger partial charge in [-0.2, -0.15) is 5.10 Å². The minimum absolute atomic E-state index is 0.248. The molecular formula is C36H38FN5O4. The summed E-state index contributed by atoms with van der Waals surface area (Å²) in [5, 5.41) is 17.8. The summed E-state index contributed by atoms with van der Waals surface area (Å²) in [5.74, 6) is -1.18. The SMILES string of the molecule is C/C=C(/C)c1ccccc1CCNC(=O)c1cc(C2CC2)n2nc(-c3ccc(N4C[C@@H]5OC(C)(C)O[C@@H]5/C4=C\O)cc3F)cc2n1. The number of hydrogen-bond acceptors (Lipinski definition) is 7. The number of fused-ring (bicyclic) bond motifs is 2. The molecule has 2 aliphatic heterocycles. The number of carbonyl (C=O) groups excluding carboxylic acids is 1. The zero-order valence-electron chi connectivity index (χ0n) is 26.5. The van der Waals surface area contributed by atoms with Gasteiger partial charge in [-0.1, -0.05) is 30.3 Å². The Morgan fingerprint density at radius 1 is 1.15 bits per heavy atom. The number of aromatic nitrogens is 3. The van der Waals surface area contributed by atoms with Crippen LogP contribution in [0.1, 0.15) is 73.8 Å². The molecule has 0 unspecified atom stereocenters. The highest BCUT2D eigenvalue weighted by molar-refractivity contribution is 5.93. The van der Waals surface area contributed by atoms with E-state index in [0.29, 0.717) is 53.5 Å². The summed E-state index contributed by atoms with van der Waals surface area (Å²) >= 11 is 0. The van der Waals surface area contributed by atoms with Gasteiger partial charge in [-0.05, 0) is 87.9 Å². The molecule has 10 heteroatoms. The minimum Gasteiger partial charge on any atom is -0.514 e. The Kier molecular flexibility index (Phi) is 7.65. The second kappa shape index (κ2) is 11.7. The van der Waals surface area contributed by atoms with Crippen LogP contribution in [0.15, 0.2) is 72.6 Å². The first kappa shape index (κ1) is 30.1. The van der Waals surface area contributed by atoms with Crippen LogP contribution in [-0.4, -0.2) is 56.7 Å². The Labute approximate surface area is 267 Å². The van der Waals surface area contributed by atoms with Crippen LogP contribution in [-0.2, 0) is 15.9 Å². The number of amides is 1. The van der Waals surface area contributed by atoms with Gasteiger partial charge in [0.25, 0.3) is 5.91 Å². The molecule has 46 heavy (non-hydrogen) atoms. The summed E-state index contributed by atoms with van der Waals surface area (Å²) in [7, 11) is 0. The molecule has 2 N–H and O–H groups in total. The summed E-state index contributed by atoms with van der Waals surface area (Å²) in [5.41, 5.74) is 7.12. The Balaban J connectivity index is 1.11. The average Bonchev–Trinajstić information content (AvgIpc) is 3.61. The normalized spacial score (nSPS) is 21.7. The highest BCUT2D eigenvalue weighted by Crippen LogP contribution is 2.42. The molecule has 7 rings (SSSR count). The molecule has 3 fully saturated rings. The lowest BCUT2D eigenvalue weighted by atomic mass is 9.98. The summed E-state index contributed by atoms with van der Waals surface area (Å²) < 4.78 is 29.4. The number of halogens is 1. The topological polar surface area (TPSA) is 101 Å². The largest absolute Gasteiger partial charge is 0.514 e. The van der Waals surface area contributed by atoms with Gasteiger partial charge in [0.2, 0.25) is 0 Å². The predicted octanol–water partition coefficient (Wildman–Crippen LogP) is 6.55. The summed E-state index contributed by atoms with van der Waals surface area (Å²) in [4.78, 5) is 19.7. The molecule has 0 spiro atoms. The zero-order chi connectivity index (χ0) is 32.2. The van der Waals surface area contributed by atoms with E-state index in [9.17, 15) is 9.90 Å². The number of allylic oxidation sites excluding steroid dienone is 2. The van der Waals surface area contributed by atoms with Crippen LogP contribution in [0.4, 0.5) is 10.1 Å². The molecule has 2 saturated heterocycles. The number of ether oxygens (including phenoxy) is 2. The number of rotatable bonds is 8. The average molecular weight is 624 g/mol. The molecule has 0 radical (unpaired) electrons. The second-order valence-electron chi connectivity index (χ2n) is 12.7. The zero-order valence-corrected chi connectivity index (χ0v) is 26.5. The fourth-order valence-corrected chi connectivity index (χ4v) is 6.53. The third-order valence-electron chi connectivity index (χ3n) is 9.06. The van der Waals surface area contributed by atoms with Crippen molar-refractivity contribution in [2.24, 2.45) is 0 Å². The molecule has 1 aliphatic carbocycles. The number of aliphatic hydroxyl groups excluding tert-OH is 1. The van der Waals surface area contributed by atoms with Gasteiger partial charge in [0.15, 0.2) is 11.4 Å². The van der Waals surface area contributed by atoms with Crippen LogP contribution in [0.2, 0.25) is 0 Å². The van der Waals surface area contributed by atoms with Gasteiger partial charge < -0.3 is 24.8 Å². The lowest BCUT2D eigenvalue weighted by molar-refractivity contribution is -0.145. The quantitative estimate of drug-likeness (QED) is 0.215. The molecule has 1 saturated carbocycles. The van der Waals surface area contributed by atoms with Crippen molar-refractivity contribution in [2.45, 2.75) is 70.9 Å². The van der Waals surface area contributed by atoms with Gasteiger partial charge in [-0.15, -0.1) is 0 Å². The maximum absolute atomic E-state index is 15.7. The molecule has 3 aliphatic rings. The van der Waals surface area contributed by atoms with E-state index in [0.717, 1.165) is 24.8 Å². The standard InChI is InChI=1S/C36H38FN5O4/c1-5-21(2)25-9-7-6-8-22(25)14-15-38-35(44)29-17-30(23-10-11-23)42-33(39-29)18-28(40-42)26-13-12-24(16-27(26)37)41-19-32-34(31(41)20-43)46-36(3,4)45-32/h5-9,12-13,16-18,20,23,32,34,43H,10-11,14-15,19H2,1-4H3,(H,38,44)/b21-5-,31-20+/t32-,34+/m0/s1. The minimum atomic E-state index is -0.751. The fraction of sp³-hybridized carbons (Fsp3) is 0.361. The molecule has 2 atom stereocenters. The van der Waals surface area contributed by atoms with Crippen molar-refractivity contribution in [3.63, 3.8) is 0 Å². The van der Waals surface area contributed by atoms with Gasteiger partial charge in [0.1, 0.15) is 30.0 Å². The van der Waals surface area contributed by atoms with Crippen LogP contribution in [0.5, 0.6) is 0 Å². The summed E-state index contributed by atoms with van der Waals surface area (Å²) in [6, 6.07) is 16.7. The molecule has 1 amide bonds. The van der Waals surface area contributed by atoms with E-state index >= 15 is 4.39 Å². The van der Waals surface area contributed by atoms with Crippen LogP contribution >= 0.6 is 0 Å². The fourth-order valence-electron chi connectivity index (χ4n) is 6.53. The van der Waals surface area contributed by atoms with E-state index in [2.05, 4.69) is 35.4 Å². The molecule has 238 valence electrons. The van der Waals surface area contributed by atoms with E-state index in [1.54, 1.807) is 27.6 Å². The van der Waals surface area contributed by atoms with Crippen LogP contribution in [0.25, 0.3) is 22.5 Å². The predicted molar refractivity (Wildman–Crippen MR) is 174 cm³/mol. The number of nitrogens with one attached hydrogen (secondary N) is 1. The van der Waals surface area contributed by atoms with E-state index in [1.165, 1.54) is 22.8 Å². The number of aliphatic hydroxyl groups is 1. The molecule has 0 bridgehead atoms. The van der Waals surface area contributed by atoms with Crippen molar-refractivity contribution in [3.8, 4) is 11.3 Å². The Bertz CT molecular complexity index is 1890. The molecule has 2 aromatic carbocycles. The molecule has 9 nitrogen and oxygen atoms in total. The number of anilines is 1. The van der Waals surface area contributed by atoms with E-state index in [4.69, 9.17) is 14.6 Å². The van der Waals surface area contributed by atoms with E-state index < -0.39 is 17.7 Å². The van der Waals surface area contributed by atoms with Gasteiger partial charge >= 0.3 is 0 Å². The van der Waals surface area contributed by atoms with Crippen molar-refractivity contribution >= 4 is 22.8 Å². The number of carbonyl (C=O) groups is 1. The molecule has 2 aromatic heterocycles. The van der Waals surface area contributed by atoms with Crippen molar-refractivity contribution in [3.05, 3.63) is 101 Å². The van der Waals surface area contributed by atoms with Crippen molar-refractivity contribution < 1.29 is 23.8 Å². The van der Waals surface area contributed by atoms with Crippen LogP contribution < -0.4 is 10.2 Å². The lowest BCUT2D eigenvalue weighted by Gasteiger charge is -2.25. The Hall–Kier alpha value is -4.54. The monoisotopic (exact) mass is 623 g/mol. The van der Waals surface area contributed by atoms with Crippen molar-refractivity contribution in [2.75, 3.05) is 18.0 Å². The van der Waals surface area contributed by atoms with Crippen LogP contribution in [0, 0.1) is 5.82 Å². The maximum Gasteiger partial charge on any atom is 0.270 e. The van der Waals surface area contributed by atoms with E-state index in [1.807, 2.05) is 39.0 Å². The highest BCUT2D eigenvalue weighted by atomic mass is 19.1. The first-order valence-electron chi connectivity index (χ1n) is 15.8. The second-order valence-corrected chi connectivity index (χ2v) is 12.7. The summed E-state index contributed by atoms with van der Waals surface area (Å²) in [6.07, 6.45) is 5.09. The third-order valence-corrected chi connectivity index (χ3v) is 9.06. The summed E-state index contributed by atoms with van der Waals surface area (Å²) in [6.45, 7) is 8.68. The van der Waals surface area contributed by atoms with Gasteiger partial charge in [0, 0.05) is 35.5 Å². The van der Waals surface area contributed by atoms with Crippen molar-refractivity contribution in [1.29, 1.82) is 0 Å². The smallest absolute Gasteiger partial charge is 0.270 e. The van der Waals surface area contributed by atoms with Crippen molar-refractivity contribution in [1.82, 2.24) is 19.9 Å². The number of nitrogens with zero attached hydrogens (tertiary/aromatic N) is 4. The molecular weight excluding hydrogens is 585 g/mol. The Morgan fingerprint density at radius 3 is 2.70 bits per heavy atom. The van der Waals surface area contributed by atoms with Gasteiger partial charge in [-0.25, -0.2) is 13.9 Å². The molecule has 4 heterocycles. The highest BCUT2D eigenvalue weighted by Gasteiger charge is 2.50. The Morgan fingerprint density at radius 2 is 1.96 bits per heavy atom. The van der Waals surface area contributed by atoms with E-state index in [-0.39, 0.29) is 17.9 Å². The van der Waals surface area contributed by atoms with Gasteiger partial charge in [-0.3, -0.25) is 4.79 Å². The third kappa shape index (κ3) is 5.56.